The van der Waals surface area contributed by atoms with Crippen molar-refractivity contribution >= 4 is 34.0 Å². The average Bonchev–Trinajstić information content (AvgIpc) is 2.37. The Balaban J connectivity index is 0.00000200. The summed E-state index contributed by atoms with van der Waals surface area (Å²) in [5.41, 5.74) is 0.668. The van der Waals surface area contributed by atoms with Gasteiger partial charge >= 0.3 is 0 Å². The van der Waals surface area contributed by atoms with Gasteiger partial charge in [0.1, 0.15) is 0 Å². The number of aryl methyl sites for hydroxylation is 1. The van der Waals surface area contributed by atoms with Crippen LogP contribution in [0.3, 0.4) is 0 Å². The van der Waals surface area contributed by atoms with Gasteiger partial charge in [-0.05, 0) is 62.5 Å². The highest BCUT2D eigenvalue weighted by atomic mass is 35.5. The summed E-state index contributed by atoms with van der Waals surface area (Å²) in [5, 5.41) is 3.83. The number of hydrogen-bond donors (Lipinski definition) is 2. The summed E-state index contributed by atoms with van der Waals surface area (Å²) in [7, 11) is -3.44. The van der Waals surface area contributed by atoms with Crippen LogP contribution < -0.4 is 10.0 Å². The Labute approximate surface area is 131 Å². The largest absolute Gasteiger partial charge is 0.316 e. The summed E-state index contributed by atoms with van der Waals surface area (Å²) in [4.78, 5) is 0.306. The van der Waals surface area contributed by atoms with Crippen LogP contribution in [0, 0.1) is 12.8 Å². The summed E-state index contributed by atoms with van der Waals surface area (Å²) >= 11 is 5.84. The fourth-order valence-electron chi connectivity index (χ4n) is 2.32. The van der Waals surface area contributed by atoms with Crippen LogP contribution in [0.5, 0.6) is 0 Å². The zero-order valence-corrected chi connectivity index (χ0v) is 13.7. The lowest BCUT2D eigenvalue weighted by Gasteiger charge is -2.23. The number of nitrogens with one attached hydrogen (secondary N) is 2. The summed E-state index contributed by atoms with van der Waals surface area (Å²) in [6, 6.07) is 4.82. The second kappa shape index (κ2) is 7.61. The summed E-state index contributed by atoms with van der Waals surface area (Å²) in [6.45, 7) is 4.14. The molecule has 1 aromatic rings. The Kier molecular flexibility index (Phi) is 6.75. The molecule has 0 radical (unpaired) electrons. The predicted octanol–water partition coefficient (Wildman–Crippen LogP) is 2.35. The monoisotopic (exact) mass is 338 g/mol. The third-order valence-electron chi connectivity index (χ3n) is 3.39. The molecule has 1 aromatic carbocycles. The Morgan fingerprint density at radius 1 is 1.45 bits per heavy atom. The third-order valence-corrected chi connectivity index (χ3v) is 5.21. The van der Waals surface area contributed by atoms with Crippen molar-refractivity contribution < 1.29 is 8.42 Å². The van der Waals surface area contributed by atoms with Crippen molar-refractivity contribution in [2.75, 3.05) is 19.6 Å². The van der Waals surface area contributed by atoms with E-state index in [9.17, 15) is 8.42 Å². The number of piperidine rings is 1. The third kappa shape index (κ3) is 4.60. The minimum atomic E-state index is -3.44. The predicted molar refractivity (Wildman–Crippen MR) is 84.2 cm³/mol. The molecule has 20 heavy (non-hydrogen) atoms. The molecule has 0 aromatic heterocycles. The normalized spacial score (nSPS) is 19.4. The average molecular weight is 339 g/mol. The lowest BCUT2D eigenvalue weighted by molar-refractivity contribution is 0.376. The first kappa shape index (κ1) is 17.7. The SMILES string of the molecule is Cc1cc(Cl)ccc1S(=O)(=O)NCC1CCCNC1.Cl. The molecule has 1 atom stereocenters. The standard InChI is InChI=1S/C13H19ClN2O2S.ClH/c1-10-7-12(14)4-5-13(10)19(17,18)16-9-11-3-2-6-15-8-11;/h4-5,7,11,15-16H,2-3,6,8-9H2,1H3;1H. The van der Waals surface area contributed by atoms with E-state index in [1.165, 1.54) is 0 Å². The van der Waals surface area contributed by atoms with E-state index in [-0.39, 0.29) is 12.4 Å². The van der Waals surface area contributed by atoms with Crippen LogP contribution >= 0.6 is 24.0 Å². The van der Waals surface area contributed by atoms with Gasteiger partial charge in [-0.25, -0.2) is 13.1 Å². The second-order valence-corrected chi connectivity index (χ2v) is 7.15. The van der Waals surface area contributed by atoms with Crippen molar-refractivity contribution in [3.05, 3.63) is 28.8 Å². The fourth-order valence-corrected chi connectivity index (χ4v) is 3.89. The van der Waals surface area contributed by atoms with Gasteiger partial charge in [-0.3, -0.25) is 0 Å². The Morgan fingerprint density at radius 2 is 2.20 bits per heavy atom. The maximum absolute atomic E-state index is 12.2. The van der Waals surface area contributed by atoms with Gasteiger partial charge < -0.3 is 5.32 Å². The molecule has 0 spiro atoms. The molecule has 0 saturated carbocycles. The smallest absolute Gasteiger partial charge is 0.240 e. The van der Waals surface area contributed by atoms with E-state index in [0.29, 0.717) is 27.9 Å². The number of rotatable bonds is 4. The van der Waals surface area contributed by atoms with Gasteiger partial charge in [-0.2, -0.15) is 0 Å². The van der Waals surface area contributed by atoms with Gasteiger partial charge in [0.05, 0.1) is 4.90 Å². The van der Waals surface area contributed by atoms with Gasteiger partial charge in [-0.15, -0.1) is 12.4 Å². The Morgan fingerprint density at radius 3 is 2.80 bits per heavy atom. The Bertz CT molecular complexity index is 543. The molecular weight excluding hydrogens is 319 g/mol. The number of hydrogen-bond acceptors (Lipinski definition) is 3. The summed E-state index contributed by atoms with van der Waals surface area (Å²) in [6.07, 6.45) is 2.17. The first-order valence-corrected chi connectivity index (χ1v) is 8.32. The molecule has 4 nitrogen and oxygen atoms in total. The van der Waals surface area contributed by atoms with Crippen LogP contribution in [0.1, 0.15) is 18.4 Å². The minimum absolute atomic E-state index is 0. The number of sulfonamides is 1. The van der Waals surface area contributed by atoms with E-state index in [2.05, 4.69) is 10.0 Å². The maximum atomic E-state index is 12.2. The number of halogens is 2. The molecule has 0 aliphatic carbocycles. The van der Waals surface area contributed by atoms with Crippen LogP contribution in [0.2, 0.25) is 5.02 Å². The summed E-state index contributed by atoms with van der Waals surface area (Å²) < 4.78 is 27.2. The lowest BCUT2D eigenvalue weighted by Crippen LogP contribution is -2.38. The van der Waals surface area contributed by atoms with Crippen molar-refractivity contribution in [1.29, 1.82) is 0 Å². The zero-order valence-electron chi connectivity index (χ0n) is 11.4. The minimum Gasteiger partial charge on any atom is -0.316 e. The van der Waals surface area contributed by atoms with Gasteiger partial charge in [0.15, 0.2) is 0 Å². The van der Waals surface area contributed by atoms with Gasteiger partial charge in [0, 0.05) is 11.6 Å². The molecule has 1 heterocycles. The molecule has 1 fully saturated rings. The van der Waals surface area contributed by atoms with Crippen LogP contribution in [0.25, 0.3) is 0 Å². The molecule has 2 rings (SSSR count). The van der Waals surface area contributed by atoms with E-state index in [1.54, 1.807) is 25.1 Å². The molecule has 1 aliphatic heterocycles. The highest BCUT2D eigenvalue weighted by molar-refractivity contribution is 7.89. The topological polar surface area (TPSA) is 58.2 Å². The van der Waals surface area contributed by atoms with Gasteiger partial charge in [-0.1, -0.05) is 11.6 Å². The second-order valence-electron chi connectivity index (χ2n) is 4.97. The molecule has 114 valence electrons. The maximum Gasteiger partial charge on any atom is 0.240 e. The van der Waals surface area contributed by atoms with Gasteiger partial charge in [0.2, 0.25) is 10.0 Å². The fraction of sp³-hybridized carbons (Fsp3) is 0.538. The molecule has 1 aliphatic rings. The van der Waals surface area contributed by atoms with Crippen molar-refractivity contribution in [3.63, 3.8) is 0 Å². The van der Waals surface area contributed by atoms with E-state index in [4.69, 9.17) is 11.6 Å². The van der Waals surface area contributed by atoms with Crippen molar-refractivity contribution in [1.82, 2.24) is 10.0 Å². The van der Waals surface area contributed by atoms with E-state index >= 15 is 0 Å². The van der Waals surface area contributed by atoms with E-state index < -0.39 is 10.0 Å². The summed E-state index contributed by atoms with van der Waals surface area (Å²) in [5.74, 6) is 0.371. The number of benzene rings is 1. The molecule has 0 amide bonds. The first-order chi connectivity index (χ1) is 8.99. The molecule has 2 N–H and O–H groups in total. The molecular formula is C13H20Cl2N2O2S. The molecule has 7 heteroatoms. The van der Waals surface area contributed by atoms with Crippen LogP contribution in [-0.2, 0) is 10.0 Å². The van der Waals surface area contributed by atoms with Crippen LogP contribution in [0.15, 0.2) is 23.1 Å². The van der Waals surface area contributed by atoms with Crippen LogP contribution in [-0.4, -0.2) is 28.1 Å². The highest BCUT2D eigenvalue weighted by Gasteiger charge is 2.20. The first-order valence-electron chi connectivity index (χ1n) is 6.45. The van der Waals surface area contributed by atoms with E-state index in [1.807, 2.05) is 0 Å². The van der Waals surface area contributed by atoms with Crippen LogP contribution in [0.4, 0.5) is 0 Å². The molecule has 1 unspecified atom stereocenters. The van der Waals surface area contributed by atoms with Gasteiger partial charge in [0.25, 0.3) is 0 Å². The Hall–Kier alpha value is -0.330. The quantitative estimate of drug-likeness (QED) is 0.885. The van der Waals surface area contributed by atoms with Crippen molar-refractivity contribution in [2.45, 2.75) is 24.7 Å². The van der Waals surface area contributed by atoms with E-state index in [0.717, 1.165) is 25.9 Å². The van der Waals surface area contributed by atoms with Crippen molar-refractivity contribution in [3.8, 4) is 0 Å². The van der Waals surface area contributed by atoms with Crippen molar-refractivity contribution in [2.24, 2.45) is 5.92 Å². The molecule has 1 saturated heterocycles. The highest BCUT2D eigenvalue weighted by Crippen LogP contribution is 2.20. The lowest BCUT2D eigenvalue weighted by atomic mass is 10.0. The molecule has 0 bridgehead atoms. The zero-order chi connectivity index (χ0) is 13.9.